The van der Waals surface area contributed by atoms with Gasteiger partial charge in [0.05, 0.1) is 5.69 Å². The van der Waals surface area contributed by atoms with E-state index in [1.165, 1.54) is 0 Å². The van der Waals surface area contributed by atoms with Gasteiger partial charge in [-0.1, -0.05) is 0 Å². The second-order valence-electron chi connectivity index (χ2n) is 5.03. The molecule has 0 aliphatic carbocycles. The quantitative estimate of drug-likeness (QED) is 0.814. The molecular weight excluding hydrogens is 288 g/mol. The third-order valence-corrected chi connectivity index (χ3v) is 4.82. The van der Waals surface area contributed by atoms with Crippen LogP contribution >= 0.6 is 0 Å². The summed E-state index contributed by atoms with van der Waals surface area (Å²) in [5, 5.41) is 0. The molecule has 8 heteroatoms. The Kier molecular flexibility index (Phi) is 4.26. The number of benzene rings is 1. The predicted molar refractivity (Wildman–Crippen MR) is 71.6 cm³/mol. The SMILES string of the molecule is CN1CCCC(NS(=O)(=O)c2cc(N)c(F)cc2F)C1. The molecule has 1 fully saturated rings. The molecule has 1 aromatic rings. The standard InChI is InChI=1S/C12H17F2N3O2S/c1-17-4-2-3-8(7-17)16-20(18,19)12-6-11(15)9(13)5-10(12)14/h5-6,8,16H,2-4,7,15H2,1H3. The Bertz CT molecular complexity index is 607. The Morgan fingerprint density at radius 3 is 2.70 bits per heavy atom. The maximum absolute atomic E-state index is 13.6. The number of likely N-dealkylation sites (tertiary alicyclic amines) is 1. The number of nitrogens with two attached hydrogens (primary N) is 1. The summed E-state index contributed by atoms with van der Waals surface area (Å²) < 4.78 is 53.4. The van der Waals surface area contributed by atoms with Crippen LogP contribution in [0, 0.1) is 11.6 Å². The first-order valence-electron chi connectivity index (χ1n) is 6.25. The van der Waals surface area contributed by atoms with Crippen LogP contribution in [-0.2, 0) is 10.0 Å². The molecule has 1 aliphatic rings. The summed E-state index contributed by atoms with van der Waals surface area (Å²) in [7, 11) is -2.17. The van der Waals surface area contributed by atoms with E-state index in [1.807, 2.05) is 11.9 Å². The van der Waals surface area contributed by atoms with Gasteiger partial charge in [-0.15, -0.1) is 0 Å². The Morgan fingerprint density at radius 1 is 1.35 bits per heavy atom. The van der Waals surface area contributed by atoms with E-state index < -0.39 is 32.2 Å². The van der Waals surface area contributed by atoms with Crippen molar-refractivity contribution in [3.8, 4) is 0 Å². The number of hydrogen-bond donors (Lipinski definition) is 2. The fraction of sp³-hybridized carbons (Fsp3) is 0.500. The molecule has 0 bridgehead atoms. The molecule has 0 saturated carbocycles. The first-order valence-corrected chi connectivity index (χ1v) is 7.73. The zero-order valence-electron chi connectivity index (χ0n) is 11.1. The van der Waals surface area contributed by atoms with Crippen molar-refractivity contribution in [1.82, 2.24) is 9.62 Å². The van der Waals surface area contributed by atoms with E-state index in [2.05, 4.69) is 4.72 Å². The van der Waals surface area contributed by atoms with E-state index >= 15 is 0 Å². The van der Waals surface area contributed by atoms with Crippen molar-refractivity contribution in [3.05, 3.63) is 23.8 Å². The Morgan fingerprint density at radius 2 is 2.05 bits per heavy atom. The number of nitrogens with one attached hydrogen (secondary N) is 1. The van der Waals surface area contributed by atoms with Gasteiger partial charge in [-0.2, -0.15) is 0 Å². The molecule has 112 valence electrons. The molecule has 1 heterocycles. The van der Waals surface area contributed by atoms with E-state index in [4.69, 9.17) is 5.73 Å². The smallest absolute Gasteiger partial charge is 0.243 e. The Labute approximate surface area is 116 Å². The van der Waals surface area contributed by atoms with Crippen molar-refractivity contribution in [2.45, 2.75) is 23.8 Å². The van der Waals surface area contributed by atoms with Gasteiger partial charge >= 0.3 is 0 Å². The van der Waals surface area contributed by atoms with Crippen LogP contribution in [0.25, 0.3) is 0 Å². The topological polar surface area (TPSA) is 75.4 Å². The average Bonchev–Trinajstić information content (AvgIpc) is 2.33. The third kappa shape index (κ3) is 3.25. The summed E-state index contributed by atoms with van der Waals surface area (Å²) in [5.74, 6) is -2.12. The van der Waals surface area contributed by atoms with Crippen molar-refractivity contribution in [1.29, 1.82) is 0 Å². The van der Waals surface area contributed by atoms with Crippen LogP contribution in [0.2, 0.25) is 0 Å². The number of hydrogen-bond acceptors (Lipinski definition) is 4. The number of piperidine rings is 1. The van der Waals surface area contributed by atoms with E-state index in [0.717, 1.165) is 19.0 Å². The molecular formula is C12H17F2N3O2S. The van der Waals surface area contributed by atoms with Crippen molar-refractivity contribution in [2.75, 3.05) is 25.9 Å². The van der Waals surface area contributed by atoms with Crippen LogP contribution in [0.5, 0.6) is 0 Å². The number of rotatable bonds is 3. The van der Waals surface area contributed by atoms with Crippen molar-refractivity contribution in [3.63, 3.8) is 0 Å². The number of anilines is 1. The molecule has 5 nitrogen and oxygen atoms in total. The highest BCUT2D eigenvalue weighted by Gasteiger charge is 2.26. The lowest BCUT2D eigenvalue weighted by Crippen LogP contribution is -2.46. The van der Waals surface area contributed by atoms with Crippen molar-refractivity contribution < 1.29 is 17.2 Å². The van der Waals surface area contributed by atoms with Gasteiger partial charge in [0, 0.05) is 18.7 Å². The number of nitrogen functional groups attached to an aromatic ring is 1. The molecule has 1 atom stereocenters. The van der Waals surface area contributed by atoms with Crippen LogP contribution in [0.3, 0.4) is 0 Å². The number of sulfonamides is 1. The van der Waals surface area contributed by atoms with E-state index in [9.17, 15) is 17.2 Å². The fourth-order valence-electron chi connectivity index (χ4n) is 2.30. The molecule has 0 spiro atoms. The van der Waals surface area contributed by atoms with Gasteiger partial charge in [0.15, 0.2) is 0 Å². The van der Waals surface area contributed by atoms with Crippen molar-refractivity contribution in [2.24, 2.45) is 0 Å². The second kappa shape index (κ2) is 5.63. The zero-order valence-corrected chi connectivity index (χ0v) is 11.9. The van der Waals surface area contributed by atoms with Gasteiger partial charge in [-0.05, 0) is 32.5 Å². The summed E-state index contributed by atoms with van der Waals surface area (Å²) in [6, 6.07) is 1.00. The van der Waals surface area contributed by atoms with E-state index in [-0.39, 0.29) is 6.04 Å². The number of nitrogens with zero attached hydrogens (tertiary/aromatic N) is 1. The van der Waals surface area contributed by atoms with Gasteiger partial charge in [0.1, 0.15) is 16.5 Å². The van der Waals surface area contributed by atoms with Crippen LogP contribution in [0.4, 0.5) is 14.5 Å². The first-order chi connectivity index (χ1) is 9.29. The molecule has 1 saturated heterocycles. The molecule has 20 heavy (non-hydrogen) atoms. The lowest BCUT2D eigenvalue weighted by atomic mass is 10.1. The monoisotopic (exact) mass is 305 g/mol. The maximum atomic E-state index is 13.6. The summed E-state index contributed by atoms with van der Waals surface area (Å²) in [5.41, 5.74) is 4.90. The first kappa shape index (κ1) is 15.1. The van der Waals surface area contributed by atoms with Gasteiger partial charge in [0.2, 0.25) is 10.0 Å². The molecule has 1 unspecified atom stereocenters. The van der Waals surface area contributed by atoms with Crippen LogP contribution < -0.4 is 10.5 Å². The van der Waals surface area contributed by atoms with E-state index in [1.54, 1.807) is 0 Å². The van der Waals surface area contributed by atoms with Crippen LogP contribution in [-0.4, -0.2) is 39.5 Å². The highest BCUT2D eigenvalue weighted by Crippen LogP contribution is 2.22. The van der Waals surface area contributed by atoms with Gasteiger partial charge in [-0.3, -0.25) is 0 Å². The minimum Gasteiger partial charge on any atom is -0.396 e. The van der Waals surface area contributed by atoms with Crippen molar-refractivity contribution >= 4 is 15.7 Å². The highest BCUT2D eigenvalue weighted by atomic mass is 32.2. The Balaban J connectivity index is 2.24. The van der Waals surface area contributed by atoms with Crippen LogP contribution in [0.15, 0.2) is 17.0 Å². The van der Waals surface area contributed by atoms with Gasteiger partial charge in [0.25, 0.3) is 0 Å². The lowest BCUT2D eigenvalue weighted by Gasteiger charge is -2.30. The normalized spacial score (nSPS) is 21.1. The molecule has 1 aliphatic heterocycles. The average molecular weight is 305 g/mol. The predicted octanol–water partition coefficient (Wildman–Crippen LogP) is 0.919. The number of likely N-dealkylation sites (N-methyl/N-ethyl adjacent to an activating group) is 1. The summed E-state index contributed by atoms with van der Waals surface area (Å²) in [4.78, 5) is 1.37. The maximum Gasteiger partial charge on any atom is 0.243 e. The fourth-order valence-corrected chi connectivity index (χ4v) is 3.65. The van der Waals surface area contributed by atoms with Gasteiger partial charge < -0.3 is 10.6 Å². The molecule has 0 amide bonds. The lowest BCUT2D eigenvalue weighted by molar-refractivity contribution is 0.242. The molecule has 1 aromatic carbocycles. The molecule has 3 N–H and O–H groups in total. The third-order valence-electron chi connectivity index (χ3n) is 3.29. The molecule has 2 rings (SSSR count). The second-order valence-corrected chi connectivity index (χ2v) is 6.71. The summed E-state index contributed by atoms with van der Waals surface area (Å²) >= 11 is 0. The number of halogens is 2. The van der Waals surface area contributed by atoms with Crippen LogP contribution in [0.1, 0.15) is 12.8 Å². The summed E-state index contributed by atoms with van der Waals surface area (Å²) in [6.07, 6.45) is 1.54. The zero-order chi connectivity index (χ0) is 14.9. The van der Waals surface area contributed by atoms with Gasteiger partial charge in [-0.25, -0.2) is 21.9 Å². The summed E-state index contributed by atoms with van der Waals surface area (Å²) in [6.45, 7) is 1.45. The minimum atomic E-state index is -4.05. The molecule has 0 radical (unpaired) electrons. The minimum absolute atomic E-state index is 0.288. The van der Waals surface area contributed by atoms with E-state index in [0.29, 0.717) is 19.0 Å². The highest BCUT2D eigenvalue weighted by molar-refractivity contribution is 7.89. The Hall–Kier alpha value is -1.25. The largest absolute Gasteiger partial charge is 0.396 e. The molecule has 0 aromatic heterocycles.